The van der Waals surface area contributed by atoms with Gasteiger partial charge in [0.15, 0.2) is 5.84 Å². The number of rotatable bonds is 8. The summed E-state index contributed by atoms with van der Waals surface area (Å²) in [6.07, 6.45) is 4.56. The SMILES string of the molecule is CN=C(N=C(C)c1cc(C)n(Cc2ccc(NCCN3CCCC3)nc2)n1)c1ccc(Cl)cc1. The molecule has 3 heterocycles. The van der Waals surface area contributed by atoms with Crippen molar-refractivity contribution in [1.82, 2.24) is 19.7 Å². The fourth-order valence-corrected chi connectivity index (χ4v) is 4.18. The summed E-state index contributed by atoms with van der Waals surface area (Å²) in [7, 11) is 1.74. The van der Waals surface area contributed by atoms with Gasteiger partial charge >= 0.3 is 0 Å². The van der Waals surface area contributed by atoms with Crippen molar-refractivity contribution in [2.24, 2.45) is 9.98 Å². The molecule has 0 atom stereocenters. The van der Waals surface area contributed by atoms with Crippen molar-refractivity contribution in [1.29, 1.82) is 0 Å². The molecule has 0 radical (unpaired) electrons. The van der Waals surface area contributed by atoms with E-state index in [2.05, 4.69) is 39.2 Å². The molecule has 1 saturated heterocycles. The molecule has 0 aliphatic carbocycles. The van der Waals surface area contributed by atoms with Crippen molar-refractivity contribution < 1.29 is 0 Å². The number of amidine groups is 1. The zero-order chi connectivity index (χ0) is 23.9. The Labute approximate surface area is 206 Å². The van der Waals surface area contributed by atoms with Gasteiger partial charge in [0.1, 0.15) is 11.5 Å². The lowest BCUT2D eigenvalue weighted by Gasteiger charge is -2.15. The van der Waals surface area contributed by atoms with Crippen LogP contribution in [0, 0.1) is 6.92 Å². The molecule has 8 heteroatoms. The Morgan fingerprint density at radius 1 is 1.12 bits per heavy atom. The van der Waals surface area contributed by atoms with Gasteiger partial charge in [-0.25, -0.2) is 9.98 Å². The van der Waals surface area contributed by atoms with Crippen LogP contribution in [0.4, 0.5) is 5.82 Å². The van der Waals surface area contributed by atoms with Crippen molar-refractivity contribution in [2.75, 3.05) is 38.5 Å². The maximum absolute atomic E-state index is 6.01. The monoisotopic (exact) mass is 477 g/mol. The molecule has 0 bridgehead atoms. The summed E-state index contributed by atoms with van der Waals surface area (Å²) in [6.45, 7) is 9.10. The number of aromatic nitrogens is 3. The molecule has 0 spiro atoms. The summed E-state index contributed by atoms with van der Waals surface area (Å²) in [5, 5.41) is 8.89. The van der Waals surface area contributed by atoms with Crippen LogP contribution in [0.5, 0.6) is 0 Å². The van der Waals surface area contributed by atoms with Gasteiger partial charge in [-0.2, -0.15) is 5.10 Å². The first-order valence-corrected chi connectivity index (χ1v) is 12.1. The Hall–Kier alpha value is -3.03. The zero-order valence-electron chi connectivity index (χ0n) is 20.1. The Kier molecular flexibility index (Phi) is 8.08. The van der Waals surface area contributed by atoms with Gasteiger partial charge in [-0.15, -0.1) is 0 Å². The van der Waals surface area contributed by atoms with Crippen molar-refractivity contribution in [3.05, 3.63) is 76.2 Å². The smallest absolute Gasteiger partial charge is 0.154 e. The maximum atomic E-state index is 6.01. The molecule has 1 aliphatic heterocycles. The number of halogens is 1. The molecular weight excluding hydrogens is 446 g/mol. The van der Waals surface area contributed by atoms with Crippen molar-refractivity contribution in [2.45, 2.75) is 33.2 Å². The van der Waals surface area contributed by atoms with E-state index in [0.29, 0.717) is 17.4 Å². The third kappa shape index (κ3) is 6.30. The number of benzene rings is 1. The van der Waals surface area contributed by atoms with E-state index in [1.165, 1.54) is 25.9 Å². The van der Waals surface area contributed by atoms with Crippen LogP contribution >= 0.6 is 11.6 Å². The third-order valence-electron chi connectivity index (χ3n) is 6.03. The molecule has 0 saturated carbocycles. The largest absolute Gasteiger partial charge is 0.369 e. The molecule has 0 unspecified atom stereocenters. The number of anilines is 1. The number of likely N-dealkylation sites (tertiary alicyclic amines) is 1. The maximum Gasteiger partial charge on any atom is 0.154 e. The highest BCUT2D eigenvalue weighted by Gasteiger charge is 2.11. The molecule has 1 aliphatic rings. The average molecular weight is 478 g/mol. The van der Waals surface area contributed by atoms with Crippen LogP contribution in [0.15, 0.2) is 58.6 Å². The van der Waals surface area contributed by atoms with Gasteiger partial charge in [0.25, 0.3) is 0 Å². The van der Waals surface area contributed by atoms with Crippen LogP contribution in [0.3, 0.4) is 0 Å². The summed E-state index contributed by atoms with van der Waals surface area (Å²) in [4.78, 5) is 16.1. The highest BCUT2D eigenvalue weighted by atomic mass is 35.5. The lowest BCUT2D eigenvalue weighted by Crippen LogP contribution is -2.26. The summed E-state index contributed by atoms with van der Waals surface area (Å²) in [6, 6.07) is 13.7. The molecule has 1 aromatic carbocycles. The fraction of sp³-hybridized carbons (Fsp3) is 0.385. The summed E-state index contributed by atoms with van der Waals surface area (Å²) >= 11 is 6.01. The van der Waals surface area contributed by atoms with Crippen molar-refractivity contribution in [3.8, 4) is 0 Å². The second-order valence-corrected chi connectivity index (χ2v) is 9.04. The molecule has 34 heavy (non-hydrogen) atoms. The molecule has 178 valence electrons. The minimum absolute atomic E-state index is 0.651. The molecular formula is C26H32ClN7. The normalized spacial score (nSPS) is 15.2. The van der Waals surface area contributed by atoms with Crippen LogP contribution in [0.25, 0.3) is 0 Å². The molecule has 1 N–H and O–H groups in total. The van der Waals surface area contributed by atoms with Crippen LogP contribution in [-0.4, -0.2) is 64.4 Å². The van der Waals surface area contributed by atoms with Gasteiger partial charge in [-0.05, 0) is 81.7 Å². The fourth-order valence-electron chi connectivity index (χ4n) is 4.05. The Bertz CT molecular complexity index is 1140. The lowest BCUT2D eigenvalue weighted by molar-refractivity contribution is 0.352. The van der Waals surface area contributed by atoms with Gasteiger partial charge in [-0.1, -0.05) is 17.7 Å². The Morgan fingerprint density at radius 2 is 1.88 bits per heavy atom. The summed E-state index contributed by atoms with van der Waals surface area (Å²) in [5.41, 5.74) is 4.74. The Balaban J connectivity index is 1.38. The highest BCUT2D eigenvalue weighted by molar-refractivity contribution is 6.30. The molecule has 3 aromatic rings. The number of aryl methyl sites for hydroxylation is 1. The number of aliphatic imine (C=N–C) groups is 2. The van der Waals surface area contributed by atoms with E-state index in [-0.39, 0.29) is 0 Å². The Morgan fingerprint density at radius 3 is 2.56 bits per heavy atom. The number of nitrogens with one attached hydrogen (secondary N) is 1. The highest BCUT2D eigenvalue weighted by Crippen LogP contribution is 2.14. The van der Waals surface area contributed by atoms with Crippen LogP contribution in [0.1, 0.15) is 42.3 Å². The topological polar surface area (TPSA) is 70.7 Å². The molecule has 1 fully saturated rings. The van der Waals surface area contributed by atoms with E-state index in [9.17, 15) is 0 Å². The van der Waals surface area contributed by atoms with Gasteiger partial charge < -0.3 is 10.2 Å². The second kappa shape index (κ2) is 11.4. The third-order valence-corrected chi connectivity index (χ3v) is 6.28. The van der Waals surface area contributed by atoms with E-state index in [4.69, 9.17) is 21.7 Å². The summed E-state index contributed by atoms with van der Waals surface area (Å²) < 4.78 is 1.98. The molecule has 2 aromatic heterocycles. The van der Waals surface area contributed by atoms with Gasteiger partial charge in [0.05, 0.1) is 12.3 Å². The first-order chi connectivity index (χ1) is 16.5. The molecule has 7 nitrogen and oxygen atoms in total. The first kappa shape index (κ1) is 24.1. The number of hydrogen-bond acceptors (Lipinski definition) is 5. The van der Waals surface area contributed by atoms with E-state index in [0.717, 1.165) is 47.1 Å². The van der Waals surface area contributed by atoms with Gasteiger partial charge in [0.2, 0.25) is 0 Å². The minimum Gasteiger partial charge on any atom is -0.369 e. The number of hydrogen-bond donors (Lipinski definition) is 1. The van der Waals surface area contributed by atoms with Crippen molar-refractivity contribution >= 4 is 29.0 Å². The first-order valence-electron chi connectivity index (χ1n) is 11.8. The van der Waals surface area contributed by atoms with E-state index >= 15 is 0 Å². The average Bonchev–Trinajstić information content (AvgIpc) is 3.49. The van der Waals surface area contributed by atoms with Crippen LogP contribution < -0.4 is 5.32 Å². The quantitative estimate of drug-likeness (QED) is 0.377. The van der Waals surface area contributed by atoms with Crippen LogP contribution in [-0.2, 0) is 6.54 Å². The van der Waals surface area contributed by atoms with Gasteiger partial charge in [0, 0.05) is 42.6 Å². The van der Waals surface area contributed by atoms with E-state index in [1.54, 1.807) is 7.05 Å². The van der Waals surface area contributed by atoms with Gasteiger partial charge in [-0.3, -0.25) is 9.67 Å². The predicted molar refractivity (Wildman–Crippen MR) is 141 cm³/mol. The second-order valence-electron chi connectivity index (χ2n) is 8.61. The summed E-state index contributed by atoms with van der Waals surface area (Å²) in [5.74, 6) is 1.57. The molecule has 0 amide bonds. The zero-order valence-corrected chi connectivity index (χ0v) is 20.9. The van der Waals surface area contributed by atoms with Crippen molar-refractivity contribution in [3.63, 3.8) is 0 Å². The molecule has 4 rings (SSSR count). The lowest BCUT2D eigenvalue weighted by atomic mass is 10.2. The van der Waals surface area contributed by atoms with E-state index in [1.807, 2.05) is 48.1 Å². The number of nitrogens with zero attached hydrogens (tertiary/aromatic N) is 6. The van der Waals surface area contributed by atoms with Crippen LogP contribution in [0.2, 0.25) is 5.02 Å². The standard InChI is InChI=1S/C26H32ClN7/c1-19-16-24(20(2)31-26(28-3)22-7-9-23(27)10-8-22)32-34(19)18-21-6-11-25(30-17-21)29-12-15-33-13-4-5-14-33/h6-11,16-17H,4-5,12-15,18H2,1-3H3,(H,29,30). The number of pyridine rings is 1. The van der Waals surface area contributed by atoms with E-state index < -0.39 is 0 Å². The predicted octanol–water partition coefficient (Wildman–Crippen LogP) is 4.68. The minimum atomic E-state index is 0.651.